The van der Waals surface area contributed by atoms with E-state index in [2.05, 4.69) is 4.98 Å². The molecule has 0 saturated heterocycles. The summed E-state index contributed by atoms with van der Waals surface area (Å²) in [7, 11) is 1.86. The molecule has 0 aliphatic heterocycles. The molecule has 1 aromatic rings. The van der Waals surface area contributed by atoms with Gasteiger partial charge in [-0.3, -0.25) is 9.88 Å². The SMILES string of the molecule is CN(CO)Cc1ccncc1. The number of rotatable bonds is 3. The van der Waals surface area contributed by atoms with Crippen molar-refractivity contribution < 1.29 is 5.11 Å². The average molecular weight is 152 g/mol. The molecule has 0 atom stereocenters. The lowest BCUT2D eigenvalue weighted by molar-refractivity contribution is 0.127. The lowest BCUT2D eigenvalue weighted by atomic mass is 10.2. The summed E-state index contributed by atoms with van der Waals surface area (Å²) in [6.45, 7) is 0.849. The van der Waals surface area contributed by atoms with Crippen molar-refractivity contribution in [3.05, 3.63) is 30.1 Å². The van der Waals surface area contributed by atoms with Crippen molar-refractivity contribution >= 4 is 0 Å². The van der Waals surface area contributed by atoms with E-state index in [9.17, 15) is 0 Å². The first-order valence-electron chi connectivity index (χ1n) is 3.51. The summed E-state index contributed by atoms with van der Waals surface area (Å²) in [4.78, 5) is 5.71. The van der Waals surface area contributed by atoms with Crippen LogP contribution in [0.15, 0.2) is 24.5 Å². The molecule has 1 N–H and O–H groups in total. The minimum Gasteiger partial charge on any atom is -0.381 e. The molecule has 11 heavy (non-hydrogen) atoms. The highest BCUT2D eigenvalue weighted by Crippen LogP contribution is 1.99. The third-order valence-electron chi connectivity index (χ3n) is 1.44. The Morgan fingerprint density at radius 2 is 2.09 bits per heavy atom. The first-order chi connectivity index (χ1) is 5.33. The Labute approximate surface area is 66.3 Å². The molecule has 0 unspecified atom stereocenters. The Bertz CT molecular complexity index is 201. The molecule has 0 fully saturated rings. The van der Waals surface area contributed by atoms with Gasteiger partial charge in [0.05, 0.1) is 6.73 Å². The molecule has 0 saturated carbocycles. The first kappa shape index (κ1) is 8.17. The van der Waals surface area contributed by atoms with Gasteiger partial charge in [0.1, 0.15) is 0 Å². The van der Waals surface area contributed by atoms with Gasteiger partial charge in [-0.15, -0.1) is 0 Å². The predicted octanol–water partition coefficient (Wildman–Crippen LogP) is 0.463. The van der Waals surface area contributed by atoms with E-state index in [1.807, 2.05) is 24.1 Å². The van der Waals surface area contributed by atoms with Crippen LogP contribution in [0.5, 0.6) is 0 Å². The molecular weight excluding hydrogens is 140 g/mol. The van der Waals surface area contributed by atoms with E-state index in [1.165, 1.54) is 0 Å². The maximum atomic E-state index is 8.71. The van der Waals surface area contributed by atoms with Gasteiger partial charge in [-0.25, -0.2) is 0 Å². The predicted molar refractivity (Wildman–Crippen MR) is 42.8 cm³/mol. The minimum absolute atomic E-state index is 0.0856. The minimum atomic E-state index is 0.0856. The van der Waals surface area contributed by atoms with E-state index in [-0.39, 0.29) is 6.73 Å². The molecule has 60 valence electrons. The number of hydrogen-bond acceptors (Lipinski definition) is 3. The van der Waals surface area contributed by atoms with Crippen molar-refractivity contribution in [2.45, 2.75) is 6.54 Å². The zero-order chi connectivity index (χ0) is 8.10. The Kier molecular flexibility index (Phi) is 3.01. The first-order valence-corrected chi connectivity index (χ1v) is 3.51. The monoisotopic (exact) mass is 152 g/mol. The fraction of sp³-hybridized carbons (Fsp3) is 0.375. The van der Waals surface area contributed by atoms with Crippen molar-refractivity contribution in [1.82, 2.24) is 9.88 Å². The molecule has 1 heterocycles. The Morgan fingerprint density at radius 3 is 2.64 bits per heavy atom. The Hall–Kier alpha value is -0.930. The molecule has 1 aromatic heterocycles. The van der Waals surface area contributed by atoms with E-state index in [0.717, 1.165) is 12.1 Å². The quantitative estimate of drug-likeness (QED) is 0.639. The summed E-state index contributed by atoms with van der Waals surface area (Å²) in [5, 5.41) is 8.71. The van der Waals surface area contributed by atoms with Crippen LogP contribution >= 0.6 is 0 Å². The smallest absolute Gasteiger partial charge is 0.0956 e. The van der Waals surface area contributed by atoms with Crippen LogP contribution in [-0.2, 0) is 6.54 Å². The van der Waals surface area contributed by atoms with Gasteiger partial charge < -0.3 is 5.11 Å². The molecule has 0 amide bonds. The van der Waals surface area contributed by atoms with Gasteiger partial charge in [-0.1, -0.05) is 0 Å². The van der Waals surface area contributed by atoms with E-state index in [1.54, 1.807) is 12.4 Å². The number of hydrogen-bond donors (Lipinski definition) is 1. The average Bonchev–Trinajstić information content (AvgIpc) is 2.06. The van der Waals surface area contributed by atoms with Gasteiger partial charge in [0.25, 0.3) is 0 Å². The van der Waals surface area contributed by atoms with Gasteiger partial charge in [-0.05, 0) is 24.7 Å². The van der Waals surface area contributed by atoms with E-state index in [4.69, 9.17) is 5.11 Å². The molecular formula is C8H12N2O. The number of aromatic nitrogens is 1. The maximum absolute atomic E-state index is 8.71. The summed E-state index contributed by atoms with van der Waals surface area (Å²) in [6.07, 6.45) is 3.50. The second-order valence-electron chi connectivity index (χ2n) is 2.51. The molecule has 0 aliphatic rings. The normalized spacial score (nSPS) is 10.5. The summed E-state index contributed by atoms with van der Waals surface area (Å²) < 4.78 is 0. The highest BCUT2D eigenvalue weighted by Gasteiger charge is 1.95. The van der Waals surface area contributed by atoms with Gasteiger partial charge in [-0.2, -0.15) is 0 Å². The Balaban J connectivity index is 2.51. The largest absolute Gasteiger partial charge is 0.381 e. The standard InChI is InChI=1S/C8H12N2O/c1-10(7-11)6-8-2-4-9-5-3-8/h2-5,11H,6-7H2,1H3. The highest BCUT2D eigenvalue weighted by atomic mass is 16.3. The van der Waals surface area contributed by atoms with Crippen molar-refractivity contribution in [3.8, 4) is 0 Å². The third kappa shape index (κ3) is 2.65. The topological polar surface area (TPSA) is 36.4 Å². The van der Waals surface area contributed by atoms with Gasteiger partial charge in [0, 0.05) is 18.9 Å². The van der Waals surface area contributed by atoms with Crippen LogP contribution in [0, 0.1) is 0 Å². The molecule has 1 rings (SSSR count). The van der Waals surface area contributed by atoms with Crippen LogP contribution in [0.3, 0.4) is 0 Å². The summed E-state index contributed by atoms with van der Waals surface area (Å²) >= 11 is 0. The molecule has 0 aromatic carbocycles. The van der Waals surface area contributed by atoms with Crippen molar-refractivity contribution in [2.75, 3.05) is 13.8 Å². The van der Waals surface area contributed by atoms with Crippen LogP contribution in [0.1, 0.15) is 5.56 Å². The second-order valence-corrected chi connectivity index (χ2v) is 2.51. The van der Waals surface area contributed by atoms with Crippen LogP contribution in [0.2, 0.25) is 0 Å². The number of nitrogens with zero attached hydrogens (tertiary/aromatic N) is 2. The summed E-state index contributed by atoms with van der Waals surface area (Å²) in [6, 6.07) is 3.87. The zero-order valence-electron chi connectivity index (χ0n) is 6.57. The highest BCUT2D eigenvalue weighted by molar-refractivity contribution is 5.08. The third-order valence-corrected chi connectivity index (χ3v) is 1.44. The Morgan fingerprint density at radius 1 is 1.45 bits per heavy atom. The van der Waals surface area contributed by atoms with Crippen molar-refractivity contribution in [1.29, 1.82) is 0 Å². The number of aliphatic hydroxyl groups is 1. The van der Waals surface area contributed by atoms with Crippen molar-refractivity contribution in [2.24, 2.45) is 0 Å². The molecule has 0 radical (unpaired) electrons. The van der Waals surface area contributed by atoms with Gasteiger partial charge in [0.2, 0.25) is 0 Å². The van der Waals surface area contributed by atoms with Gasteiger partial charge >= 0.3 is 0 Å². The van der Waals surface area contributed by atoms with Crippen LogP contribution < -0.4 is 0 Å². The fourth-order valence-corrected chi connectivity index (χ4v) is 0.850. The lowest BCUT2D eigenvalue weighted by Crippen LogP contribution is -2.18. The molecule has 0 bridgehead atoms. The van der Waals surface area contributed by atoms with Crippen molar-refractivity contribution in [3.63, 3.8) is 0 Å². The molecule has 3 nitrogen and oxygen atoms in total. The number of aliphatic hydroxyl groups excluding tert-OH is 1. The lowest BCUT2D eigenvalue weighted by Gasteiger charge is -2.11. The van der Waals surface area contributed by atoms with Crippen LogP contribution in [-0.4, -0.2) is 28.8 Å². The number of pyridine rings is 1. The molecule has 3 heteroatoms. The fourth-order valence-electron chi connectivity index (χ4n) is 0.850. The van der Waals surface area contributed by atoms with Gasteiger partial charge in [0.15, 0.2) is 0 Å². The molecule has 0 spiro atoms. The van der Waals surface area contributed by atoms with E-state index >= 15 is 0 Å². The zero-order valence-corrected chi connectivity index (χ0v) is 6.57. The maximum Gasteiger partial charge on any atom is 0.0956 e. The molecule has 0 aliphatic carbocycles. The van der Waals surface area contributed by atoms with E-state index < -0.39 is 0 Å². The van der Waals surface area contributed by atoms with Crippen LogP contribution in [0.4, 0.5) is 0 Å². The van der Waals surface area contributed by atoms with Crippen LogP contribution in [0.25, 0.3) is 0 Å². The summed E-state index contributed by atoms with van der Waals surface area (Å²) in [5.41, 5.74) is 1.16. The van der Waals surface area contributed by atoms with E-state index in [0.29, 0.717) is 0 Å². The second kappa shape index (κ2) is 4.05. The summed E-state index contributed by atoms with van der Waals surface area (Å²) in [5.74, 6) is 0.